The molecule has 0 aliphatic carbocycles. The van der Waals surface area contributed by atoms with Crippen molar-refractivity contribution in [3.05, 3.63) is 10.6 Å². The Kier molecular flexibility index (Phi) is 4.06. The van der Waals surface area contributed by atoms with Crippen molar-refractivity contribution in [2.24, 2.45) is 0 Å². The van der Waals surface area contributed by atoms with Crippen molar-refractivity contribution in [3.63, 3.8) is 0 Å². The van der Waals surface area contributed by atoms with Crippen LogP contribution in [0.25, 0.3) is 0 Å². The Morgan fingerprint density at radius 1 is 1.14 bits per heavy atom. The molecule has 1 unspecified atom stereocenters. The summed E-state index contributed by atoms with van der Waals surface area (Å²) in [7, 11) is -2.01. The quantitative estimate of drug-likeness (QED) is 0.675. The molecular formula is C10H22S2Si2. The van der Waals surface area contributed by atoms with E-state index in [4.69, 9.17) is 0 Å². The van der Waals surface area contributed by atoms with Gasteiger partial charge in [-0.25, -0.2) is 0 Å². The van der Waals surface area contributed by atoms with Crippen LogP contribution in [0.5, 0.6) is 0 Å². The van der Waals surface area contributed by atoms with Gasteiger partial charge in [0.1, 0.15) is 0 Å². The topological polar surface area (TPSA) is 0 Å². The molecule has 0 saturated heterocycles. The van der Waals surface area contributed by atoms with Crippen LogP contribution in [0.4, 0.5) is 0 Å². The molecule has 0 aromatic heterocycles. The van der Waals surface area contributed by atoms with Gasteiger partial charge in [0, 0.05) is 9.96 Å². The van der Waals surface area contributed by atoms with E-state index >= 15 is 0 Å². The first-order valence-electron chi connectivity index (χ1n) is 5.20. The lowest BCUT2D eigenvalue weighted by molar-refractivity contribution is 1.57. The first-order chi connectivity index (χ1) is 6.21. The Balaban J connectivity index is 2.73. The molecule has 1 aliphatic heterocycles. The zero-order valence-electron chi connectivity index (χ0n) is 10.2. The molecule has 0 nitrogen and oxygen atoms in total. The van der Waals surface area contributed by atoms with E-state index in [1.807, 2.05) is 0 Å². The summed E-state index contributed by atoms with van der Waals surface area (Å²) in [5.41, 5.74) is 0. The molecule has 0 aromatic carbocycles. The Morgan fingerprint density at radius 2 is 1.71 bits per heavy atom. The predicted molar refractivity (Wildman–Crippen MR) is 78.6 cm³/mol. The predicted octanol–water partition coefficient (Wildman–Crippen LogP) is 4.43. The zero-order valence-corrected chi connectivity index (χ0v) is 13.8. The molecule has 14 heavy (non-hydrogen) atoms. The van der Waals surface area contributed by atoms with E-state index in [2.05, 4.69) is 68.9 Å². The van der Waals surface area contributed by atoms with Crippen molar-refractivity contribution in [2.45, 2.75) is 43.5 Å². The molecule has 4 heteroatoms. The van der Waals surface area contributed by atoms with Crippen molar-refractivity contribution in [1.82, 2.24) is 0 Å². The van der Waals surface area contributed by atoms with Crippen LogP contribution in [0.2, 0.25) is 39.3 Å². The lowest BCUT2D eigenvalue weighted by Crippen LogP contribution is -2.37. The van der Waals surface area contributed by atoms with Gasteiger partial charge in [-0.15, -0.1) is 23.5 Å². The van der Waals surface area contributed by atoms with E-state index in [0.29, 0.717) is 0 Å². The molecule has 0 N–H and O–H groups in total. The maximum Gasteiger partial charge on any atom is 0.0853 e. The highest BCUT2D eigenvalue weighted by Gasteiger charge is 2.33. The van der Waals surface area contributed by atoms with Gasteiger partial charge in [-0.2, -0.15) is 0 Å². The van der Waals surface area contributed by atoms with Gasteiger partial charge in [0.05, 0.1) is 16.1 Å². The molecule has 1 atom stereocenters. The molecule has 1 aliphatic rings. The van der Waals surface area contributed by atoms with Gasteiger partial charge in [0.15, 0.2) is 0 Å². The highest BCUT2D eigenvalue weighted by Crippen LogP contribution is 2.43. The lowest BCUT2D eigenvalue weighted by atomic mass is 10.7. The third-order valence-corrected chi connectivity index (χ3v) is 14.6. The highest BCUT2D eigenvalue weighted by molar-refractivity contribution is 8.22. The average Bonchev–Trinajstić information content (AvgIpc) is 2.01. The summed E-state index contributed by atoms with van der Waals surface area (Å²) in [6.07, 6.45) is 2.48. The van der Waals surface area contributed by atoms with Crippen LogP contribution < -0.4 is 0 Å². The fourth-order valence-electron chi connectivity index (χ4n) is 1.32. The molecule has 0 aromatic rings. The van der Waals surface area contributed by atoms with Gasteiger partial charge in [-0.3, -0.25) is 0 Å². The zero-order chi connectivity index (χ0) is 11.0. The standard InChI is InChI=1S/C10H22S2Si2/c1-13(2,3)9-7-8-11-10(12-9)14(4,5)6/h7,10H,8H2,1-6H3. The number of hydrogen-bond donors (Lipinski definition) is 0. The SMILES string of the molecule is C[Si](C)(C)C1=CCSC([Si](C)(C)C)S1. The molecule has 0 fully saturated rings. The van der Waals surface area contributed by atoms with Crippen LogP contribution in [-0.2, 0) is 0 Å². The fourth-order valence-corrected chi connectivity index (χ4v) is 10.4. The smallest absolute Gasteiger partial charge is 0.0853 e. The third kappa shape index (κ3) is 3.47. The summed E-state index contributed by atoms with van der Waals surface area (Å²) in [6, 6.07) is 0. The summed E-state index contributed by atoms with van der Waals surface area (Å²) in [6.45, 7) is 14.9. The summed E-state index contributed by atoms with van der Waals surface area (Å²) in [4.78, 5) is 0. The van der Waals surface area contributed by atoms with E-state index in [9.17, 15) is 0 Å². The van der Waals surface area contributed by atoms with Crippen LogP contribution in [-0.4, -0.2) is 26.1 Å². The lowest BCUT2D eigenvalue weighted by Gasteiger charge is -2.34. The molecule has 0 radical (unpaired) electrons. The maximum absolute atomic E-state index is 2.49. The van der Waals surface area contributed by atoms with Crippen molar-refractivity contribution in [2.75, 3.05) is 5.75 Å². The molecule has 1 heterocycles. The van der Waals surface area contributed by atoms with E-state index < -0.39 is 16.1 Å². The molecule has 0 spiro atoms. The second kappa shape index (κ2) is 4.39. The van der Waals surface area contributed by atoms with Crippen molar-refractivity contribution < 1.29 is 0 Å². The normalized spacial score (nSPS) is 24.7. The van der Waals surface area contributed by atoms with Crippen LogP contribution in [0.15, 0.2) is 10.6 Å². The third-order valence-electron chi connectivity index (χ3n) is 2.20. The Bertz CT molecular complexity index is 235. The monoisotopic (exact) mass is 262 g/mol. The van der Waals surface area contributed by atoms with Gasteiger partial charge in [0.2, 0.25) is 0 Å². The summed E-state index contributed by atoms with van der Waals surface area (Å²) in [5.74, 6) is 1.25. The number of thioether (sulfide) groups is 2. The van der Waals surface area contributed by atoms with Gasteiger partial charge < -0.3 is 0 Å². The number of rotatable bonds is 2. The minimum absolute atomic E-state index is 0.884. The molecule has 82 valence electrons. The van der Waals surface area contributed by atoms with Gasteiger partial charge in [-0.05, 0) is 4.53 Å². The highest BCUT2D eigenvalue weighted by atomic mass is 32.2. The van der Waals surface area contributed by atoms with E-state index in [-0.39, 0.29) is 0 Å². The van der Waals surface area contributed by atoms with Crippen LogP contribution in [0, 0.1) is 0 Å². The van der Waals surface area contributed by atoms with Crippen LogP contribution in [0.1, 0.15) is 0 Å². The second-order valence-corrected chi connectivity index (χ2v) is 20.1. The molecule has 0 saturated carbocycles. The average molecular weight is 263 g/mol. The van der Waals surface area contributed by atoms with Crippen molar-refractivity contribution in [3.8, 4) is 0 Å². The van der Waals surface area contributed by atoms with E-state index in [1.165, 1.54) is 5.75 Å². The largest absolute Gasteiger partial charge is 0.147 e. The molecule has 0 amide bonds. The molecular weight excluding hydrogens is 240 g/mol. The summed E-state index contributed by atoms with van der Waals surface area (Å²) >= 11 is 4.35. The minimum Gasteiger partial charge on any atom is -0.147 e. The Labute approximate surface area is 99.3 Å². The Morgan fingerprint density at radius 3 is 2.14 bits per heavy atom. The van der Waals surface area contributed by atoms with Crippen LogP contribution >= 0.6 is 23.5 Å². The first-order valence-corrected chi connectivity index (χ1v) is 14.2. The minimum atomic E-state index is -1.04. The molecule has 1 rings (SSSR count). The van der Waals surface area contributed by atoms with Crippen molar-refractivity contribution in [1.29, 1.82) is 0 Å². The van der Waals surface area contributed by atoms with Gasteiger partial charge in [-0.1, -0.05) is 45.4 Å². The second-order valence-electron chi connectivity index (χ2n) is 5.97. The first kappa shape index (κ1) is 12.9. The van der Waals surface area contributed by atoms with E-state index in [0.717, 1.165) is 4.21 Å². The fraction of sp³-hybridized carbons (Fsp3) is 0.800. The van der Waals surface area contributed by atoms with Crippen molar-refractivity contribution >= 4 is 39.7 Å². The number of hydrogen-bond acceptors (Lipinski definition) is 2. The maximum atomic E-state index is 2.49. The summed E-state index contributed by atoms with van der Waals surface area (Å²) < 4.78 is 2.62. The Hall–Kier alpha value is 0.874. The van der Waals surface area contributed by atoms with E-state index in [1.54, 1.807) is 4.53 Å². The van der Waals surface area contributed by atoms with Gasteiger partial charge in [0.25, 0.3) is 0 Å². The molecule has 0 bridgehead atoms. The summed E-state index contributed by atoms with van der Waals surface area (Å²) in [5, 5.41) is 0. The van der Waals surface area contributed by atoms with Gasteiger partial charge >= 0.3 is 0 Å². The van der Waals surface area contributed by atoms with Crippen LogP contribution in [0.3, 0.4) is 0 Å².